The van der Waals surface area contributed by atoms with Gasteiger partial charge in [-0.25, -0.2) is 8.42 Å². The molecule has 0 bridgehead atoms. The second-order valence-corrected chi connectivity index (χ2v) is 6.16. The SMILES string of the molecule is CC1CCCN(S(=O)(=O)c2cn[nH]c2N)C1. The van der Waals surface area contributed by atoms with Crippen molar-refractivity contribution in [3.63, 3.8) is 0 Å². The van der Waals surface area contributed by atoms with Gasteiger partial charge in [0.15, 0.2) is 0 Å². The van der Waals surface area contributed by atoms with Gasteiger partial charge in [0.05, 0.1) is 6.20 Å². The van der Waals surface area contributed by atoms with Crippen LogP contribution in [-0.2, 0) is 10.0 Å². The van der Waals surface area contributed by atoms with Gasteiger partial charge in [0.25, 0.3) is 0 Å². The number of rotatable bonds is 2. The van der Waals surface area contributed by atoms with Crippen LogP contribution >= 0.6 is 0 Å². The first kappa shape index (κ1) is 11.4. The first-order chi connectivity index (χ1) is 7.51. The maximum absolute atomic E-state index is 12.2. The first-order valence-electron chi connectivity index (χ1n) is 5.31. The number of nitrogens with one attached hydrogen (secondary N) is 1. The number of hydrogen-bond donors (Lipinski definition) is 2. The lowest BCUT2D eigenvalue weighted by molar-refractivity contribution is 0.281. The number of H-pyrrole nitrogens is 1. The molecule has 0 amide bonds. The van der Waals surface area contributed by atoms with Gasteiger partial charge in [-0.05, 0) is 18.8 Å². The predicted octanol–water partition coefficient (Wildman–Crippen LogP) is 0.413. The minimum atomic E-state index is -3.47. The van der Waals surface area contributed by atoms with Crippen LogP contribution in [0.25, 0.3) is 0 Å². The minimum absolute atomic E-state index is 0.0848. The molecule has 6 nitrogen and oxygen atoms in total. The molecule has 1 aromatic rings. The second kappa shape index (κ2) is 4.06. The molecule has 0 aliphatic carbocycles. The molecule has 2 rings (SSSR count). The molecular formula is C9H16N4O2S. The number of sulfonamides is 1. The van der Waals surface area contributed by atoms with Crippen molar-refractivity contribution >= 4 is 15.8 Å². The molecule has 0 radical (unpaired) electrons. The highest BCUT2D eigenvalue weighted by atomic mass is 32.2. The third kappa shape index (κ3) is 1.92. The number of piperidine rings is 1. The van der Waals surface area contributed by atoms with Crippen molar-refractivity contribution in [2.24, 2.45) is 5.92 Å². The van der Waals surface area contributed by atoms with E-state index in [0.717, 1.165) is 12.8 Å². The quantitative estimate of drug-likeness (QED) is 0.788. The van der Waals surface area contributed by atoms with Crippen LogP contribution in [-0.4, -0.2) is 36.0 Å². The molecule has 0 saturated carbocycles. The summed E-state index contributed by atoms with van der Waals surface area (Å²) in [6.07, 6.45) is 3.25. The summed E-state index contributed by atoms with van der Waals surface area (Å²) in [4.78, 5) is 0.0848. The monoisotopic (exact) mass is 244 g/mol. The molecule has 2 heterocycles. The Balaban J connectivity index is 2.29. The molecule has 0 spiro atoms. The smallest absolute Gasteiger partial charge is 0.248 e. The first-order valence-corrected chi connectivity index (χ1v) is 6.75. The zero-order valence-electron chi connectivity index (χ0n) is 9.18. The molecular weight excluding hydrogens is 228 g/mol. The third-order valence-corrected chi connectivity index (χ3v) is 4.76. The molecule has 1 aliphatic rings. The third-order valence-electron chi connectivity index (χ3n) is 2.87. The molecule has 90 valence electrons. The van der Waals surface area contributed by atoms with E-state index in [1.54, 1.807) is 0 Å². The molecule has 1 aliphatic heterocycles. The van der Waals surface area contributed by atoms with Crippen LogP contribution < -0.4 is 5.73 Å². The van der Waals surface area contributed by atoms with Gasteiger partial charge in [-0.2, -0.15) is 9.40 Å². The summed E-state index contributed by atoms with van der Waals surface area (Å²) in [7, 11) is -3.47. The van der Waals surface area contributed by atoms with E-state index in [1.165, 1.54) is 10.5 Å². The highest BCUT2D eigenvalue weighted by molar-refractivity contribution is 7.89. The summed E-state index contributed by atoms with van der Waals surface area (Å²) < 4.78 is 25.9. The molecule has 1 atom stereocenters. The average molecular weight is 244 g/mol. The fourth-order valence-corrected chi connectivity index (χ4v) is 3.60. The summed E-state index contributed by atoms with van der Waals surface area (Å²) in [5.74, 6) is 0.509. The average Bonchev–Trinajstić information content (AvgIpc) is 2.65. The number of anilines is 1. The van der Waals surface area contributed by atoms with Crippen molar-refractivity contribution in [1.82, 2.24) is 14.5 Å². The summed E-state index contributed by atoms with van der Waals surface area (Å²) in [6, 6.07) is 0. The molecule has 1 aromatic heterocycles. The van der Waals surface area contributed by atoms with E-state index in [1.807, 2.05) is 0 Å². The van der Waals surface area contributed by atoms with Gasteiger partial charge in [-0.15, -0.1) is 0 Å². The Morgan fingerprint density at radius 1 is 1.62 bits per heavy atom. The van der Waals surface area contributed by atoms with Gasteiger partial charge in [0.2, 0.25) is 10.0 Å². The van der Waals surface area contributed by atoms with Crippen LogP contribution in [0.5, 0.6) is 0 Å². The van der Waals surface area contributed by atoms with Crippen molar-refractivity contribution in [3.8, 4) is 0 Å². The van der Waals surface area contributed by atoms with E-state index in [-0.39, 0.29) is 10.7 Å². The maximum atomic E-state index is 12.2. The van der Waals surface area contributed by atoms with Crippen LogP contribution in [0.4, 0.5) is 5.82 Å². The van der Waals surface area contributed by atoms with Gasteiger partial charge in [-0.1, -0.05) is 6.92 Å². The Kier molecular flexibility index (Phi) is 2.90. The van der Waals surface area contributed by atoms with Crippen LogP contribution in [0.2, 0.25) is 0 Å². The Labute approximate surface area is 94.9 Å². The zero-order valence-corrected chi connectivity index (χ0v) is 10.00. The van der Waals surface area contributed by atoms with E-state index in [2.05, 4.69) is 17.1 Å². The van der Waals surface area contributed by atoms with Gasteiger partial charge < -0.3 is 5.73 Å². The van der Waals surface area contributed by atoms with Crippen molar-refractivity contribution in [2.45, 2.75) is 24.7 Å². The number of aromatic nitrogens is 2. The van der Waals surface area contributed by atoms with E-state index >= 15 is 0 Å². The topological polar surface area (TPSA) is 92.1 Å². The van der Waals surface area contributed by atoms with E-state index < -0.39 is 10.0 Å². The number of nitrogens with zero attached hydrogens (tertiary/aromatic N) is 2. The summed E-state index contributed by atoms with van der Waals surface area (Å²) in [5, 5.41) is 6.09. The highest BCUT2D eigenvalue weighted by Crippen LogP contribution is 2.25. The largest absolute Gasteiger partial charge is 0.383 e. The molecule has 3 N–H and O–H groups in total. The normalized spacial score (nSPS) is 23.4. The second-order valence-electron chi connectivity index (χ2n) is 4.26. The molecule has 7 heteroatoms. The number of nitrogen functional groups attached to an aromatic ring is 1. The number of aromatic amines is 1. The van der Waals surface area contributed by atoms with Gasteiger partial charge in [-0.3, -0.25) is 5.10 Å². The lowest BCUT2D eigenvalue weighted by Gasteiger charge is -2.29. The molecule has 1 fully saturated rings. The fourth-order valence-electron chi connectivity index (χ4n) is 1.99. The van der Waals surface area contributed by atoms with E-state index in [0.29, 0.717) is 19.0 Å². The lowest BCUT2D eigenvalue weighted by atomic mass is 10.0. The van der Waals surface area contributed by atoms with Gasteiger partial charge >= 0.3 is 0 Å². The summed E-state index contributed by atoms with van der Waals surface area (Å²) in [5.41, 5.74) is 5.54. The molecule has 1 saturated heterocycles. The van der Waals surface area contributed by atoms with Crippen LogP contribution in [0.3, 0.4) is 0 Å². The summed E-state index contributed by atoms with van der Waals surface area (Å²) >= 11 is 0. The van der Waals surface area contributed by atoms with Crippen molar-refractivity contribution < 1.29 is 8.42 Å². The maximum Gasteiger partial charge on any atom is 0.248 e. The van der Waals surface area contributed by atoms with E-state index in [9.17, 15) is 8.42 Å². The summed E-state index contributed by atoms with van der Waals surface area (Å²) in [6.45, 7) is 3.19. The number of hydrogen-bond acceptors (Lipinski definition) is 4. The Morgan fingerprint density at radius 3 is 2.94 bits per heavy atom. The lowest BCUT2D eigenvalue weighted by Crippen LogP contribution is -2.39. The molecule has 0 aromatic carbocycles. The van der Waals surface area contributed by atoms with Crippen LogP contribution in [0.1, 0.15) is 19.8 Å². The standard InChI is InChI=1S/C9H16N4O2S/c1-7-3-2-4-13(6-7)16(14,15)8-5-11-12-9(8)10/h5,7H,2-4,6H2,1H3,(H3,10,11,12). The Hall–Kier alpha value is -1.08. The highest BCUT2D eigenvalue weighted by Gasteiger charge is 2.30. The molecule has 1 unspecified atom stereocenters. The van der Waals surface area contributed by atoms with E-state index in [4.69, 9.17) is 5.73 Å². The van der Waals surface area contributed by atoms with Gasteiger partial charge in [0.1, 0.15) is 10.7 Å². The molecule has 16 heavy (non-hydrogen) atoms. The minimum Gasteiger partial charge on any atom is -0.383 e. The Morgan fingerprint density at radius 2 is 2.38 bits per heavy atom. The van der Waals surface area contributed by atoms with Gasteiger partial charge in [0, 0.05) is 13.1 Å². The van der Waals surface area contributed by atoms with Crippen molar-refractivity contribution in [2.75, 3.05) is 18.8 Å². The van der Waals surface area contributed by atoms with Crippen LogP contribution in [0, 0.1) is 5.92 Å². The fraction of sp³-hybridized carbons (Fsp3) is 0.667. The number of nitrogens with two attached hydrogens (primary N) is 1. The van der Waals surface area contributed by atoms with Crippen molar-refractivity contribution in [3.05, 3.63) is 6.20 Å². The Bertz CT molecular complexity index is 468. The zero-order chi connectivity index (χ0) is 11.8. The van der Waals surface area contributed by atoms with Crippen LogP contribution in [0.15, 0.2) is 11.1 Å². The predicted molar refractivity (Wildman–Crippen MR) is 60.2 cm³/mol. The van der Waals surface area contributed by atoms with Crippen molar-refractivity contribution in [1.29, 1.82) is 0 Å².